The number of fused-ring (bicyclic) bond motifs is 6. The predicted molar refractivity (Wildman–Crippen MR) is 195 cm³/mol. The van der Waals surface area contributed by atoms with E-state index in [1.807, 2.05) is 6.20 Å². The molecule has 3 aliphatic rings. The summed E-state index contributed by atoms with van der Waals surface area (Å²) >= 11 is 0. The van der Waals surface area contributed by atoms with E-state index in [-0.39, 0.29) is 5.92 Å². The topological polar surface area (TPSA) is 38.1 Å². The van der Waals surface area contributed by atoms with E-state index in [4.69, 9.17) is 15.0 Å². The van der Waals surface area contributed by atoms with Crippen molar-refractivity contribution in [2.24, 2.45) is 16.8 Å². The number of allylic oxidation sites excluding steroid dienone is 6. The molecule has 6 aromatic rings. The molecule has 3 heteroatoms. The molecule has 3 unspecified atom stereocenters. The maximum atomic E-state index is 5.33. The van der Waals surface area contributed by atoms with Crippen molar-refractivity contribution in [3.8, 4) is 22.6 Å². The Hall–Kier alpha value is -5.67. The molecule has 0 bridgehead atoms. The summed E-state index contributed by atoms with van der Waals surface area (Å²) in [7, 11) is 0. The zero-order chi connectivity index (χ0) is 31.3. The third-order valence-corrected chi connectivity index (χ3v) is 9.91. The van der Waals surface area contributed by atoms with E-state index < -0.39 is 0 Å². The standard InChI is InChI=1S/C44H33N3/c1-28-11-10-24-45-43(28)29-20-22-30(23-21-29)44-46-41(39-25-31-12-2-4-14-33(31)35-16-6-8-18-37(35)39)27-42(47-44)40-26-32-13-3-5-15-34(32)36-17-7-9-19-38(36)40/h2-10,12-28,31,33H,11H2,1H3. The Bertz CT molecular complexity index is 2350. The maximum Gasteiger partial charge on any atom is 0.160 e. The summed E-state index contributed by atoms with van der Waals surface area (Å²) in [4.78, 5) is 15.3. The molecule has 0 fully saturated rings. The van der Waals surface area contributed by atoms with Crippen molar-refractivity contribution in [1.29, 1.82) is 0 Å². The lowest BCUT2D eigenvalue weighted by molar-refractivity contribution is 0.688. The molecule has 224 valence electrons. The molecule has 5 aromatic carbocycles. The van der Waals surface area contributed by atoms with Gasteiger partial charge in [-0.2, -0.15) is 0 Å². The monoisotopic (exact) mass is 603 g/mol. The highest BCUT2D eigenvalue weighted by atomic mass is 14.9. The highest BCUT2D eigenvalue weighted by Crippen LogP contribution is 2.44. The van der Waals surface area contributed by atoms with Gasteiger partial charge in [-0.05, 0) is 56.8 Å². The Morgan fingerprint density at radius 2 is 1.36 bits per heavy atom. The van der Waals surface area contributed by atoms with Crippen LogP contribution in [0.15, 0.2) is 157 Å². The third kappa shape index (κ3) is 4.78. The third-order valence-electron chi connectivity index (χ3n) is 9.91. The van der Waals surface area contributed by atoms with Crippen LogP contribution in [0.25, 0.3) is 49.8 Å². The maximum absolute atomic E-state index is 5.33. The van der Waals surface area contributed by atoms with E-state index in [2.05, 4.69) is 153 Å². The fourth-order valence-electron chi connectivity index (χ4n) is 7.54. The summed E-state index contributed by atoms with van der Waals surface area (Å²) in [6, 6.07) is 39.2. The van der Waals surface area contributed by atoms with Gasteiger partial charge in [0.1, 0.15) is 0 Å². The van der Waals surface area contributed by atoms with Crippen LogP contribution < -0.4 is 0 Å². The van der Waals surface area contributed by atoms with Crippen molar-refractivity contribution < 1.29 is 0 Å². The van der Waals surface area contributed by atoms with Gasteiger partial charge in [-0.3, -0.25) is 4.99 Å². The molecular weight excluding hydrogens is 571 g/mol. The molecule has 0 radical (unpaired) electrons. The molecule has 0 spiro atoms. The van der Waals surface area contributed by atoms with Gasteiger partial charge in [0, 0.05) is 40.7 Å². The van der Waals surface area contributed by atoms with Gasteiger partial charge in [0.2, 0.25) is 0 Å². The van der Waals surface area contributed by atoms with Gasteiger partial charge in [-0.1, -0.05) is 140 Å². The zero-order valence-electron chi connectivity index (χ0n) is 26.2. The Kier molecular flexibility index (Phi) is 6.64. The Labute approximate surface area is 275 Å². The van der Waals surface area contributed by atoms with E-state index in [1.165, 1.54) is 32.7 Å². The lowest BCUT2D eigenvalue weighted by atomic mass is 9.74. The van der Waals surface area contributed by atoms with Gasteiger partial charge >= 0.3 is 0 Å². The van der Waals surface area contributed by atoms with Crippen LogP contribution in [0.4, 0.5) is 0 Å². The van der Waals surface area contributed by atoms with Gasteiger partial charge < -0.3 is 0 Å². The average Bonchev–Trinajstić information content (AvgIpc) is 3.14. The molecule has 1 aromatic heterocycles. The molecule has 3 nitrogen and oxygen atoms in total. The number of rotatable bonds is 4. The number of nitrogens with zero attached hydrogens (tertiary/aromatic N) is 3. The van der Waals surface area contributed by atoms with Crippen LogP contribution in [0.5, 0.6) is 0 Å². The van der Waals surface area contributed by atoms with Gasteiger partial charge in [-0.25, -0.2) is 9.97 Å². The summed E-state index contributed by atoms with van der Waals surface area (Å²) in [5.41, 5.74) is 9.98. The van der Waals surface area contributed by atoms with Crippen molar-refractivity contribution in [3.05, 3.63) is 174 Å². The summed E-state index contributed by atoms with van der Waals surface area (Å²) in [6.07, 6.45) is 16.4. The fourth-order valence-corrected chi connectivity index (χ4v) is 7.54. The van der Waals surface area contributed by atoms with Crippen LogP contribution in [0, 0.1) is 11.8 Å². The molecule has 0 amide bonds. The fraction of sp³-hybridized carbons (Fsp3) is 0.114. The van der Waals surface area contributed by atoms with Gasteiger partial charge in [-0.15, -0.1) is 0 Å². The van der Waals surface area contributed by atoms with Crippen LogP contribution >= 0.6 is 0 Å². The van der Waals surface area contributed by atoms with Crippen LogP contribution in [0.2, 0.25) is 0 Å². The molecule has 9 rings (SSSR count). The first-order chi connectivity index (χ1) is 23.2. The van der Waals surface area contributed by atoms with Crippen molar-refractivity contribution in [3.63, 3.8) is 0 Å². The molecular formula is C44H33N3. The quantitative estimate of drug-likeness (QED) is 0.188. The van der Waals surface area contributed by atoms with Crippen LogP contribution in [0.3, 0.4) is 0 Å². The van der Waals surface area contributed by atoms with E-state index in [9.17, 15) is 0 Å². The van der Waals surface area contributed by atoms with Crippen LogP contribution in [0.1, 0.15) is 41.6 Å². The van der Waals surface area contributed by atoms with Crippen molar-refractivity contribution in [1.82, 2.24) is 9.97 Å². The average molecular weight is 604 g/mol. The molecule has 1 aliphatic heterocycles. The number of aromatic nitrogens is 2. The largest absolute Gasteiger partial charge is 0.261 e. The van der Waals surface area contributed by atoms with Crippen LogP contribution in [-0.4, -0.2) is 15.7 Å². The first-order valence-corrected chi connectivity index (χ1v) is 16.5. The number of hydrogen-bond acceptors (Lipinski definition) is 3. The summed E-state index contributed by atoms with van der Waals surface area (Å²) in [5.74, 6) is 1.72. The molecule has 2 aliphatic carbocycles. The zero-order valence-corrected chi connectivity index (χ0v) is 26.2. The number of benzene rings is 5. The van der Waals surface area contributed by atoms with Crippen molar-refractivity contribution in [2.45, 2.75) is 19.3 Å². The second-order valence-corrected chi connectivity index (χ2v) is 12.8. The summed E-state index contributed by atoms with van der Waals surface area (Å²) < 4.78 is 0. The van der Waals surface area contributed by atoms with Gasteiger partial charge in [0.25, 0.3) is 0 Å². The first-order valence-electron chi connectivity index (χ1n) is 16.5. The van der Waals surface area contributed by atoms with Crippen molar-refractivity contribution >= 4 is 32.8 Å². The van der Waals surface area contributed by atoms with Gasteiger partial charge in [0.15, 0.2) is 5.82 Å². The number of aliphatic imine (C=N–C) groups is 1. The van der Waals surface area contributed by atoms with E-state index >= 15 is 0 Å². The molecule has 2 heterocycles. The lowest BCUT2D eigenvalue weighted by Gasteiger charge is -2.30. The molecule has 0 saturated carbocycles. The smallest absolute Gasteiger partial charge is 0.160 e. The molecule has 47 heavy (non-hydrogen) atoms. The predicted octanol–water partition coefficient (Wildman–Crippen LogP) is 10.7. The Morgan fingerprint density at radius 1 is 0.638 bits per heavy atom. The minimum Gasteiger partial charge on any atom is -0.261 e. The molecule has 3 atom stereocenters. The highest BCUT2D eigenvalue weighted by molar-refractivity contribution is 6.13. The second kappa shape index (κ2) is 11.3. The van der Waals surface area contributed by atoms with Gasteiger partial charge in [0.05, 0.1) is 17.1 Å². The summed E-state index contributed by atoms with van der Waals surface area (Å²) in [6.45, 7) is 2.24. The Balaban J connectivity index is 1.26. The van der Waals surface area contributed by atoms with E-state index in [0.717, 1.165) is 51.6 Å². The van der Waals surface area contributed by atoms with E-state index in [0.29, 0.717) is 11.8 Å². The molecule has 0 N–H and O–H groups in total. The summed E-state index contributed by atoms with van der Waals surface area (Å²) in [5, 5.41) is 4.87. The highest BCUT2D eigenvalue weighted by Gasteiger charge is 2.29. The number of hydrogen-bond donors (Lipinski definition) is 0. The molecule has 0 saturated heterocycles. The van der Waals surface area contributed by atoms with Crippen LogP contribution in [-0.2, 0) is 0 Å². The normalized spacial score (nSPS) is 19.7. The minimum absolute atomic E-state index is 0.278. The van der Waals surface area contributed by atoms with Crippen molar-refractivity contribution in [2.75, 3.05) is 0 Å². The minimum atomic E-state index is 0.278. The lowest BCUT2D eigenvalue weighted by Crippen LogP contribution is -2.16. The SMILES string of the molecule is CC1CC=CN=C1c1ccc(-c2nc(C3=CC4C=CC=CC4c4ccccc43)cc(-c3cc4ccccc4c4ccccc34)n2)cc1. The first kappa shape index (κ1) is 27.6. The van der Waals surface area contributed by atoms with E-state index in [1.54, 1.807) is 0 Å². The second-order valence-electron chi connectivity index (χ2n) is 12.8. The Morgan fingerprint density at radius 3 is 2.23 bits per heavy atom.